The predicted octanol–water partition coefficient (Wildman–Crippen LogP) is 21.8. The number of hydrogen-bond acceptors (Lipinski definition) is 12. The fraction of sp³-hybridized carbons (Fsp3) is 0.974. The first-order valence-electron chi connectivity index (χ1n) is 39.8. The summed E-state index contributed by atoms with van der Waals surface area (Å²) < 4.78 is 34.0. The summed E-state index contributed by atoms with van der Waals surface area (Å²) in [5.74, 6) is -1.07. The number of ether oxygens (including phenoxy) is 2. The quantitative estimate of drug-likeness (QED) is 0.0190. The number of rotatable bonds is 72. The van der Waals surface area contributed by atoms with Gasteiger partial charge in [0.25, 0.3) is 0 Å². The Kier molecular flexibility index (Phi) is 63.8. The highest BCUT2D eigenvalue weighted by molar-refractivity contribution is 7.47. The van der Waals surface area contributed by atoms with Crippen LogP contribution in [0.15, 0.2) is 0 Å². The molecule has 0 aromatic rings. The molecular formula is C77H151O13P. The second-order valence-corrected chi connectivity index (χ2v) is 29.7. The molecule has 8 atom stereocenters. The van der Waals surface area contributed by atoms with Crippen molar-refractivity contribution in [3.8, 4) is 0 Å². The Morgan fingerprint density at radius 1 is 0.297 bits per heavy atom. The van der Waals surface area contributed by atoms with E-state index in [4.69, 9.17) is 18.5 Å². The van der Waals surface area contributed by atoms with Gasteiger partial charge < -0.3 is 39.9 Å². The summed E-state index contributed by atoms with van der Waals surface area (Å²) in [5, 5.41) is 50.7. The molecule has 0 heterocycles. The zero-order chi connectivity index (χ0) is 66.2. The van der Waals surface area contributed by atoms with Crippen molar-refractivity contribution in [2.45, 2.75) is 468 Å². The zero-order valence-corrected chi connectivity index (χ0v) is 60.6. The van der Waals surface area contributed by atoms with Gasteiger partial charge in [-0.1, -0.05) is 399 Å². The lowest BCUT2D eigenvalue weighted by molar-refractivity contribution is -0.220. The van der Waals surface area contributed by atoms with Crippen LogP contribution in [0.2, 0.25) is 0 Å². The molecule has 6 unspecified atom stereocenters. The second kappa shape index (κ2) is 66.1. The minimum atomic E-state index is -5.13. The first-order chi connectivity index (χ1) is 44.4. The first-order valence-corrected chi connectivity index (χ1v) is 41.3. The molecular weight excluding hydrogens is 1160 g/mol. The number of phosphoric acid groups is 1. The van der Waals surface area contributed by atoms with E-state index in [0.29, 0.717) is 12.8 Å². The van der Waals surface area contributed by atoms with Gasteiger partial charge in [0.05, 0.1) is 6.61 Å². The third-order valence-corrected chi connectivity index (χ3v) is 20.4. The van der Waals surface area contributed by atoms with Gasteiger partial charge in [-0.25, -0.2) is 4.57 Å². The lowest BCUT2D eigenvalue weighted by atomic mass is 9.85. The monoisotopic (exact) mass is 1320 g/mol. The van der Waals surface area contributed by atoms with Crippen LogP contribution in [-0.2, 0) is 32.7 Å². The van der Waals surface area contributed by atoms with Crippen LogP contribution in [-0.4, -0.2) is 98.3 Å². The lowest BCUT2D eigenvalue weighted by Gasteiger charge is -2.41. The maximum absolute atomic E-state index is 13.0. The van der Waals surface area contributed by atoms with Crippen LogP contribution in [0.25, 0.3) is 0 Å². The number of carbonyl (C=O) groups is 2. The van der Waals surface area contributed by atoms with E-state index >= 15 is 0 Å². The lowest BCUT2D eigenvalue weighted by Crippen LogP contribution is -2.64. The van der Waals surface area contributed by atoms with Gasteiger partial charge >= 0.3 is 19.8 Å². The van der Waals surface area contributed by atoms with Crippen LogP contribution in [0.1, 0.15) is 425 Å². The van der Waals surface area contributed by atoms with E-state index in [0.717, 1.165) is 38.5 Å². The van der Waals surface area contributed by atoms with Crippen molar-refractivity contribution in [3.63, 3.8) is 0 Å². The Labute approximate surface area is 561 Å². The van der Waals surface area contributed by atoms with E-state index in [1.54, 1.807) is 0 Å². The summed E-state index contributed by atoms with van der Waals surface area (Å²) in [7, 11) is -5.13. The maximum atomic E-state index is 13.0. The Morgan fingerprint density at radius 3 is 0.725 bits per heavy atom. The van der Waals surface area contributed by atoms with Crippen LogP contribution in [0, 0.1) is 0 Å². The van der Waals surface area contributed by atoms with Gasteiger partial charge in [0.2, 0.25) is 0 Å². The van der Waals surface area contributed by atoms with Crippen LogP contribution in [0.5, 0.6) is 0 Å². The van der Waals surface area contributed by atoms with Crippen molar-refractivity contribution in [1.29, 1.82) is 0 Å². The Hall–Kier alpha value is -1.15. The largest absolute Gasteiger partial charge is 0.472 e. The Balaban J connectivity index is 2.14. The highest BCUT2D eigenvalue weighted by Gasteiger charge is 2.51. The van der Waals surface area contributed by atoms with Crippen LogP contribution >= 0.6 is 7.82 Å². The third kappa shape index (κ3) is 56.6. The molecule has 0 radical (unpaired) electrons. The van der Waals surface area contributed by atoms with Gasteiger partial charge in [0.1, 0.15) is 43.2 Å². The minimum Gasteiger partial charge on any atom is -0.462 e. The molecule has 0 aromatic carbocycles. The molecule has 0 saturated heterocycles. The number of phosphoric ester groups is 1. The van der Waals surface area contributed by atoms with E-state index in [9.17, 15) is 44.6 Å². The SMILES string of the molecule is CCCCCCCCCCCCCCCCCCCCCCCCCCCCCCCCCC(=O)OC[C@H](COP(=O)(O)OC1C(O)C(O)C(O)[C@@H](O)C1O)OC(=O)CCCCCCCCCCCCCCCCCCCCCCCCCCCCCCCCC. The molecule has 13 nitrogen and oxygen atoms in total. The summed E-state index contributed by atoms with van der Waals surface area (Å²) in [6.07, 6.45) is 69.2. The molecule has 0 aliphatic heterocycles. The number of aliphatic hydroxyl groups is 5. The standard InChI is InChI=1S/C77H151O13P/c1-3-5-7-9-11-13-15-17-19-21-23-25-27-29-31-33-35-37-39-41-43-45-47-49-51-53-55-57-59-61-63-65-70(78)87-67-69(68-88-91(85,86)90-77-75(83)73(81)72(80)74(82)76(77)84)89-71(79)66-64-62-60-58-56-54-52-50-48-46-44-42-40-38-36-34-32-30-28-26-24-22-20-18-16-14-12-10-8-6-4-2/h69,72-77,80-84H,3-68H2,1-2H3,(H,85,86)/t69-,72?,73-,74?,75?,76?,77?/m1/s1. The fourth-order valence-electron chi connectivity index (χ4n) is 13.2. The Bertz CT molecular complexity index is 1570. The molecule has 0 spiro atoms. The smallest absolute Gasteiger partial charge is 0.462 e. The van der Waals surface area contributed by atoms with E-state index < -0.39 is 75.7 Å². The van der Waals surface area contributed by atoms with Gasteiger partial charge in [-0.3, -0.25) is 18.6 Å². The topological polar surface area (TPSA) is 210 Å². The van der Waals surface area contributed by atoms with Crippen molar-refractivity contribution in [2.75, 3.05) is 13.2 Å². The summed E-state index contributed by atoms with van der Waals surface area (Å²) in [6.45, 7) is 3.43. The number of hydrogen-bond donors (Lipinski definition) is 6. The van der Waals surface area contributed by atoms with Crippen LogP contribution < -0.4 is 0 Å². The molecule has 91 heavy (non-hydrogen) atoms. The van der Waals surface area contributed by atoms with Crippen molar-refractivity contribution >= 4 is 19.8 Å². The van der Waals surface area contributed by atoms with Crippen LogP contribution in [0.3, 0.4) is 0 Å². The summed E-state index contributed by atoms with van der Waals surface area (Å²) >= 11 is 0. The summed E-state index contributed by atoms with van der Waals surface area (Å²) in [5.41, 5.74) is 0. The molecule has 0 amide bonds. The van der Waals surface area contributed by atoms with E-state index in [1.165, 1.54) is 347 Å². The second-order valence-electron chi connectivity index (χ2n) is 28.3. The van der Waals surface area contributed by atoms with Crippen molar-refractivity contribution in [2.24, 2.45) is 0 Å². The van der Waals surface area contributed by atoms with Gasteiger partial charge in [-0.15, -0.1) is 0 Å². The summed E-state index contributed by atoms with van der Waals surface area (Å²) in [6, 6.07) is 0. The van der Waals surface area contributed by atoms with Crippen molar-refractivity contribution in [3.05, 3.63) is 0 Å². The zero-order valence-electron chi connectivity index (χ0n) is 59.7. The van der Waals surface area contributed by atoms with E-state index in [-0.39, 0.29) is 12.8 Å². The molecule has 1 saturated carbocycles. The average Bonchev–Trinajstić information content (AvgIpc) is 1.02. The molecule has 0 aromatic heterocycles. The van der Waals surface area contributed by atoms with E-state index in [2.05, 4.69) is 13.8 Å². The maximum Gasteiger partial charge on any atom is 0.472 e. The average molecular weight is 1320 g/mol. The number of aliphatic hydroxyl groups excluding tert-OH is 5. The highest BCUT2D eigenvalue weighted by Crippen LogP contribution is 2.47. The molecule has 14 heteroatoms. The van der Waals surface area contributed by atoms with Crippen molar-refractivity contribution < 1.29 is 63.1 Å². The Morgan fingerprint density at radius 2 is 0.495 bits per heavy atom. The number of carbonyl (C=O) groups excluding carboxylic acids is 2. The summed E-state index contributed by atoms with van der Waals surface area (Å²) in [4.78, 5) is 36.3. The fourth-order valence-corrected chi connectivity index (χ4v) is 14.2. The van der Waals surface area contributed by atoms with Gasteiger partial charge in [-0.05, 0) is 12.8 Å². The molecule has 6 N–H and O–H groups in total. The molecule has 1 aliphatic rings. The number of esters is 2. The molecule has 1 rings (SSSR count). The molecule has 542 valence electrons. The molecule has 0 bridgehead atoms. The molecule has 1 fully saturated rings. The van der Waals surface area contributed by atoms with Crippen LogP contribution in [0.4, 0.5) is 0 Å². The normalized spacial score (nSPS) is 18.6. The highest BCUT2D eigenvalue weighted by atomic mass is 31.2. The third-order valence-electron chi connectivity index (χ3n) is 19.4. The van der Waals surface area contributed by atoms with Crippen molar-refractivity contribution in [1.82, 2.24) is 0 Å². The van der Waals surface area contributed by atoms with Gasteiger partial charge in [0, 0.05) is 12.8 Å². The predicted molar refractivity (Wildman–Crippen MR) is 378 cm³/mol. The molecule has 1 aliphatic carbocycles. The number of unbranched alkanes of at least 4 members (excludes halogenated alkanes) is 60. The minimum absolute atomic E-state index is 0.107. The van der Waals surface area contributed by atoms with E-state index in [1.807, 2.05) is 0 Å². The first kappa shape index (κ1) is 87.9. The van der Waals surface area contributed by atoms with Gasteiger partial charge in [0.15, 0.2) is 6.10 Å². The van der Waals surface area contributed by atoms with Gasteiger partial charge in [-0.2, -0.15) is 0 Å².